The summed E-state index contributed by atoms with van der Waals surface area (Å²) in [4.78, 5) is 6.59. The van der Waals surface area contributed by atoms with Crippen LogP contribution in [0.1, 0.15) is 11.3 Å². The summed E-state index contributed by atoms with van der Waals surface area (Å²) in [5.41, 5.74) is 5.68. The van der Waals surface area contributed by atoms with Crippen molar-refractivity contribution in [1.82, 2.24) is 10.2 Å². The zero-order chi connectivity index (χ0) is 15.7. The Morgan fingerprint density at radius 1 is 1.48 bits per heavy atom. The molecule has 1 aromatic heterocycles. The van der Waals surface area contributed by atoms with Crippen molar-refractivity contribution in [2.24, 2.45) is 10.7 Å². The first-order valence-corrected chi connectivity index (χ1v) is 7.56. The van der Waals surface area contributed by atoms with Gasteiger partial charge in [0.25, 0.3) is 0 Å². The highest BCUT2D eigenvalue weighted by Gasteiger charge is 2.28. The Hall–Kier alpha value is -1.28. The van der Waals surface area contributed by atoms with Crippen LogP contribution >= 0.6 is 11.3 Å². The lowest BCUT2D eigenvalue weighted by Gasteiger charge is -2.17. The lowest BCUT2D eigenvalue weighted by atomic mass is 10.3. The SMILES string of the molecule is CN(CCCN=C(N)NCCc1cccs1)CC(F)(F)F. The molecule has 0 aromatic carbocycles. The highest BCUT2D eigenvalue weighted by Crippen LogP contribution is 2.15. The van der Waals surface area contributed by atoms with Crippen LogP contribution in [0.15, 0.2) is 22.5 Å². The van der Waals surface area contributed by atoms with Crippen molar-refractivity contribution in [2.75, 3.05) is 33.2 Å². The standard InChI is InChI=1S/C13H21F3N4S/c1-20(10-13(14,15)16)8-3-6-18-12(17)19-7-5-11-4-2-9-21-11/h2,4,9H,3,5-8,10H2,1H3,(H3,17,18,19). The van der Waals surface area contributed by atoms with Crippen LogP contribution in [0.5, 0.6) is 0 Å². The molecule has 120 valence electrons. The van der Waals surface area contributed by atoms with Crippen molar-refractivity contribution in [1.29, 1.82) is 0 Å². The molecule has 1 rings (SSSR count). The van der Waals surface area contributed by atoms with Crippen LogP contribution in [0.4, 0.5) is 13.2 Å². The third-order valence-corrected chi connectivity index (χ3v) is 3.62. The zero-order valence-electron chi connectivity index (χ0n) is 12.0. The highest BCUT2D eigenvalue weighted by atomic mass is 32.1. The number of hydrogen-bond donors (Lipinski definition) is 2. The van der Waals surface area contributed by atoms with Gasteiger partial charge in [0.2, 0.25) is 0 Å². The first-order chi connectivity index (χ1) is 9.87. The van der Waals surface area contributed by atoms with E-state index < -0.39 is 12.7 Å². The van der Waals surface area contributed by atoms with Gasteiger partial charge in [-0.3, -0.25) is 9.89 Å². The van der Waals surface area contributed by atoms with Crippen LogP contribution in [0.25, 0.3) is 0 Å². The van der Waals surface area contributed by atoms with Crippen LogP contribution in [0.3, 0.4) is 0 Å². The number of thiophene rings is 1. The molecule has 0 bridgehead atoms. The van der Waals surface area contributed by atoms with E-state index >= 15 is 0 Å². The molecule has 21 heavy (non-hydrogen) atoms. The largest absolute Gasteiger partial charge is 0.401 e. The predicted octanol–water partition coefficient (Wildman–Crippen LogP) is 2.08. The fraction of sp³-hybridized carbons (Fsp3) is 0.615. The summed E-state index contributed by atoms with van der Waals surface area (Å²) >= 11 is 1.69. The second-order valence-electron chi connectivity index (χ2n) is 4.73. The molecule has 0 unspecified atom stereocenters. The van der Waals surface area contributed by atoms with Crippen molar-refractivity contribution < 1.29 is 13.2 Å². The topological polar surface area (TPSA) is 53.6 Å². The number of nitrogens with zero attached hydrogens (tertiary/aromatic N) is 2. The van der Waals surface area contributed by atoms with E-state index in [2.05, 4.69) is 16.4 Å². The monoisotopic (exact) mass is 322 g/mol. The second-order valence-corrected chi connectivity index (χ2v) is 5.76. The highest BCUT2D eigenvalue weighted by molar-refractivity contribution is 7.09. The lowest BCUT2D eigenvalue weighted by molar-refractivity contribution is -0.143. The molecule has 1 heterocycles. The molecular formula is C13H21F3N4S. The molecule has 0 spiro atoms. The van der Waals surface area contributed by atoms with Crippen LogP contribution in [-0.4, -0.2) is 50.3 Å². The van der Waals surface area contributed by atoms with Crippen molar-refractivity contribution in [3.05, 3.63) is 22.4 Å². The van der Waals surface area contributed by atoms with Crippen LogP contribution in [-0.2, 0) is 6.42 Å². The molecule has 4 nitrogen and oxygen atoms in total. The summed E-state index contributed by atoms with van der Waals surface area (Å²) in [6.07, 6.45) is -2.73. The van der Waals surface area contributed by atoms with Gasteiger partial charge in [-0.1, -0.05) is 6.07 Å². The maximum absolute atomic E-state index is 12.1. The van der Waals surface area contributed by atoms with E-state index in [1.54, 1.807) is 11.3 Å². The van der Waals surface area contributed by atoms with Crippen LogP contribution < -0.4 is 11.1 Å². The molecule has 0 aliphatic heterocycles. The zero-order valence-corrected chi connectivity index (χ0v) is 12.8. The Bertz CT molecular complexity index is 418. The van der Waals surface area contributed by atoms with Gasteiger partial charge in [-0.05, 0) is 37.9 Å². The molecule has 0 amide bonds. The maximum Gasteiger partial charge on any atom is 0.401 e. The van der Waals surface area contributed by atoms with Crippen LogP contribution in [0, 0.1) is 0 Å². The number of guanidine groups is 1. The number of aliphatic imine (C=N–C) groups is 1. The Balaban J connectivity index is 2.09. The molecule has 0 saturated heterocycles. The number of rotatable bonds is 8. The average Bonchev–Trinajstić information content (AvgIpc) is 2.85. The van der Waals surface area contributed by atoms with Gasteiger partial charge in [-0.15, -0.1) is 11.3 Å². The van der Waals surface area contributed by atoms with E-state index in [9.17, 15) is 13.2 Å². The molecule has 0 aliphatic carbocycles. The minimum absolute atomic E-state index is 0.338. The molecule has 0 saturated carbocycles. The first-order valence-electron chi connectivity index (χ1n) is 6.68. The number of hydrogen-bond acceptors (Lipinski definition) is 3. The van der Waals surface area contributed by atoms with Crippen molar-refractivity contribution >= 4 is 17.3 Å². The molecular weight excluding hydrogens is 301 g/mol. The van der Waals surface area contributed by atoms with Gasteiger partial charge in [0, 0.05) is 18.0 Å². The van der Waals surface area contributed by atoms with Gasteiger partial charge < -0.3 is 11.1 Å². The number of nitrogens with one attached hydrogen (secondary N) is 1. The second kappa shape index (κ2) is 8.89. The fourth-order valence-corrected chi connectivity index (χ4v) is 2.46. The Morgan fingerprint density at radius 3 is 2.86 bits per heavy atom. The summed E-state index contributed by atoms with van der Waals surface area (Å²) in [7, 11) is 1.44. The van der Waals surface area contributed by atoms with E-state index in [0.717, 1.165) is 6.42 Å². The summed E-state index contributed by atoms with van der Waals surface area (Å²) < 4.78 is 36.3. The molecule has 0 fully saturated rings. The van der Waals surface area contributed by atoms with E-state index in [0.29, 0.717) is 32.0 Å². The summed E-state index contributed by atoms with van der Waals surface area (Å²) in [6, 6.07) is 4.05. The Labute approximate surface area is 126 Å². The van der Waals surface area contributed by atoms with Crippen molar-refractivity contribution in [3.8, 4) is 0 Å². The van der Waals surface area contributed by atoms with E-state index in [1.165, 1.54) is 16.8 Å². The number of alkyl halides is 3. The van der Waals surface area contributed by atoms with Crippen molar-refractivity contribution in [2.45, 2.75) is 19.0 Å². The minimum Gasteiger partial charge on any atom is -0.370 e. The maximum atomic E-state index is 12.1. The Morgan fingerprint density at radius 2 is 2.24 bits per heavy atom. The van der Waals surface area contributed by atoms with E-state index in [1.807, 2.05) is 11.4 Å². The van der Waals surface area contributed by atoms with E-state index in [4.69, 9.17) is 5.73 Å². The predicted molar refractivity (Wildman–Crippen MR) is 80.7 cm³/mol. The first kappa shape index (κ1) is 17.8. The van der Waals surface area contributed by atoms with E-state index in [-0.39, 0.29) is 0 Å². The molecule has 0 atom stereocenters. The van der Waals surface area contributed by atoms with Gasteiger partial charge >= 0.3 is 6.18 Å². The quantitative estimate of drug-likeness (QED) is 0.438. The lowest BCUT2D eigenvalue weighted by Crippen LogP contribution is -2.34. The third kappa shape index (κ3) is 9.30. The van der Waals surface area contributed by atoms with Gasteiger partial charge in [0.05, 0.1) is 6.54 Å². The van der Waals surface area contributed by atoms with Gasteiger partial charge in [-0.25, -0.2) is 0 Å². The normalized spacial score (nSPS) is 12.9. The fourth-order valence-electron chi connectivity index (χ4n) is 1.75. The summed E-state index contributed by atoms with van der Waals surface area (Å²) in [6.45, 7) is 0.556. The smallest absolute Gasteiger partial charge is 0.370 e. The molecule has 0 aliphatic rings. The van der Waals surface area contributed by atoms with Gasteiger partial charge in [0.15, 0.2) is 5.96 Å². The number of nitrogens with two attached hydrogens (primary N) is 1. The molecule has 3 N–H and O–H groups in total. The molecule has 8 heteroatoms. The number of halogens is 3. The summed E-state index contributed by atoms with van der Waals surface area (Å²) in [5.74, 6) is 0.338. The van der Waals surface area contributed by atoms with Crippen LogP contribution in [0.2, 0.25) is 0 Å². The average molecular weight is 322 g/mol. The van der Waals surface area contributed by atoms with Gasteiger partial charge in [0.1, 0.15) is 0 Å². The molecule has 1 aromatic rings. The summed E-state index contributed by atoms with van der Waals surface area (Å²) in [5, 5.41) is 5.01. The molecule has 0 radical (unpaired) electrons. The van der Waals surface area contributed by atoms with Gasteiger partial charge in [-0.2, -0.15) is 13.2 Å². The van der Waals surface area contributed by atoms with Crippen molar-refractivity contribution in [3.63, 3.8) is 0 Å². The third-order valence-electron chi connectivity index (χ3n) is 2.69. The Kier molecular flexibility index (Phi) is 7.52. The minimum atomic E-state index is -4.15.